The Labute approximate surface area is 115 Å². The van der Waals surface area contributed by atoms with E-state index >= 15 is 0 Å². The standard InChI is InChI=1S/C15H12BrCl/c1-15(2)13-7-9(16)3-5-11(13)12-6-4-10(17)8-14(12)15/h3-8H,1-2H3. The number of benzene rings is 2. The second-order valence-corrected chi connectivity index (χ2v) is 6.36. The van der Waals surface area contributed by atoms with Crippen molar-refractivity contribution < 1.29 is 0 Å². The summed E-state index contributed by atoms with van der Waals surface area (Å²) in [7, 11) is 0. The first-order chi connectivity index (χ1) is 8.00. The van der Waals surface area contributed by atoms with Crippen LogP contribution in [0.4, 0.5) is 0 Å². The van der Waals surface area contributed by atoms with E-state index in [9.17, 15) is 0 Å². The van der Waals surface area contributed by atoms with Gasteiger partial charge in [-0.05, 0) is 46.5 Å². The predicted octanol–water partition coefficient (Wildman–Crippen LogP) is 5.41. The van der Waals surface area contributed by atoms with Crippen LogP contribution in [0.15, 0.2) is 40.9 Å². The highest BCUT2D eigenvalue weighted by Crippen LogP contribution is 2.49. The lowest BCUT2D eigenvalue weighted by Crippen LogP contribution is -2.14. The van der Waals surface area contributed by atoms with Gasteiger partial charge in [0.1, 0.15) is 0 Å². The summed E-state index contributed by atoms with van der Waals surface area (Å²) in [5.41, 5.74) is 5.34. The van der Waals surface area contributed by atoms with E-state index in [4.69, 9.17) is 11.6 Å². The Morgan fingerprint density at radius 1 is 0.941 bits per heavy atom. The average molecular weight is 308 g/mol. The van der Waals surface area contributed by atoms with Crippen LogP contribution in [0.25, 0.3) is 11.1 Å². The molecule has 3 rings (SSSR count). The SMILES string of the molecule is CC1(C)c2cc(Cl)ccc2-c2ccc(Br)cc21. The molecule has 0 amide bonds. The summed E-state index contributed by atoms with van der Waals surface area (Å²) in [6, 6.07) is 12.7. The third kappa shape index (κ3) is 1.56. The maximum atomic E-state index is 6.12. The van der Waals surface area contributed by atoms with Gasteiger partial charge in [-0.2, -0.15) is 0 Å². The summed E-state index contributed by atoms with van der Waals surface area (Å²) in [4.78, 5) is 0. The van der Waals surface area contributed by atoms with E-state index in [0.717, 1.165) is 9.50 Å². The molecular weight excluding hydrogens is 296 g/mol. The molecule has 0 saturated carbocycles. The van der Waals surface area contributed by atoms with E-state index in [0.29, 0.717) is 0 Å². The predicted molar refractivity (Wildman–Crippen MR) is 76.7 cm³/mol. The minimum absolute atomic E-state index is 0.0271. The van der Waals surface area contributed by atoms with E-state index in [-0.39, 0.29) is 5.41 Å². The van der Waals surface area contributed by atoms with Gasteiger partial charge in [-0.3, -0.25) is 0 Å². The summed E-state index contributed by atoms with van der Waals surface area (Å²) in [5.74, 6) is 0. The lowest BCUT2D eigenvalue weighted by molar-refractivity contribution is 0.660. The first-order valence-electron chi connectivity index (χ1n) is 5.60. The molecule has 0 fully saturated rings. The summed E-state index contributed by atoms with van der Waals surface area (Å²) >= 11 is 9.67. The van der Waals surface area contributed by atoms with Crippen molar-refractivity contribution in [2.24, 2.45) is 0 Å². The molecule has 86 valence electrons. The molecule has 0 nitrogen and oxygen atoms in total. The molecule has 0 N–H and O–H groups in total. The molecule has 1 aliphatic carbocycles. The lowest BCUT2D eigenvalue weighted by atomic mass is 9.82. The second-order valence-electron chi connectivity index (χ2n) is 5.00. The van der Waals surface area contributed by atoms with Gasteiger partial charge in [-0.15, -0.1) is 0 Å². The Morgan fingerprint density at radius 3 is 2.24 bits per heavy atom. The highest BCUT2D eigenvalue weighted by Gasteiger charge is 2.35. The molecule has 17 heavy (non-hydrogen) atoms. The minimum Gasteiger partial charge on any atom is -0.0843 e. The average Bonchev–Trinajstić information content (AvgIpc) is 2.49. The van der Waals surface area contributed by atoms with Crippen LogP contribution in [-0.4, -0.2) is 0 Å². The van der Waals surface area contributed by atoms with Crippen LogP contribution in [0.1, 0.15) is 25.0 Å². The third-order valence-electron chi connectivity index (χ3n) is 3.60. The Bertz CT molecular complexity index is 561. The molecule has 0 aromatic heterocycles. The summed E-state index contributed by atoms with van der Waals surface area (Å²) in [6.07, 6.45) is 0. The van der Waals surface area contributed by atoms with Gasteiger partial charge >= 0.3 is 0 Å². The number of halogens is 2. The molecule has 0 spiro atoms. The topological polar surface area (TPSA) is 0 Å². The van der Waals surface area contributed by atoms with Crippen LogP contribution in [0.5, 0.6) is 0 Å². The normalized spacial score (nSPS) is 15.5. The lowest BCUT2D eigenvalue weighted by Gasteiger charge is -2.21. The fourth-order valence-corrected chi connectivity index (χ4v) is 3.22. The van der Waals surface area contributed by atoms with Gasteiger partial charge in [0.15, 0.2) is 0 Å². The minimum atomic E-state index is 0.0271. The zero-order chi connectivity index (χ0) is 12.2. The largest absolute Gasteiger partial charge is 0.0843 e. The summed E-state index contributed by atoms with van der Waals surface area (Å²) in [6.45, 7) is 4.50. The van der Waals surface area contributed by atoms with Gasteiger partial charge in [-0.1, -0.05) is 53.5 Å². The zero-order valence-corrected chi connectivity index (χ0v) is 12.1. The molecule has 2 aromatic carbocycles. The highest BCUT2D eigenvalue weighted by molar-refractivity contribution is 9.10. The molecule has 0 saturated heterocycles. The fraction of sp³-hybridized carbons (Fsp3) is 0.200. The molecule has 0 heterocycles. The van der Waals surface area contributed by atoms with Crippen molar-refractivity contribution in [2.75, 3.05) is 0 Å². The van der Waals surface area contributed by atoms with Gasteiger partial charge in [0.25, 0.3) is 0 Å². The molecule has 0 bridgehead atoms. The van der Waals surface area contributed by atoms with Crippen molar-refractivity contribution in [3.05, 3.63) is 57.0 Å². The number of rotatable bonds is 0. The van der Waals surface area contributed by atoms with E-state index < -0.39 is 0 Å². The maximum absolute atomic E-state index is 6.12. The number of hydrogen-bond acceptors (Lipinski definition) is 0. The Hall–Kier alpha value is -0.790. The molecule has 2 heteroatoms. The van der Waals surface area contributed by atoms with E-state index in [2.05, 4.69) is 60.1 Å². The smallest absolute Gasteiger partial charge is 0.0409 e. The van der Waals surface area contributed by atoms with Crippen molar-refractivity contribution in [3.8, 4) is 11.1 Å². The molecular formula is C15H12BrCl. The van der Waals surface area contributed by atoms with Crippen LogP contribution in [0.2, 0.25) is 5.02 Å². The first kappa shape index (κ1) is 11.3. The van der Waals surface area contributed by atoms with Crippen molar-refractivity contribution >= 4 is 27.5 Å². The van der Waals surface area contributed by atoms with Crippen molar-refractivity contribution in [3.63, 3.8) is 0 Å². The highest BCUT2D eigenvalue weighted by atomic mass is 79.9. The molecule has 1 aliphatic rings. The molecule has 0 atom stereocenters. The van der Waals surface area contributed by atoms with E-state index in [1.54, 1.807) is 0 Å². The number of hydrogen-bond donors (Lipinski definition) is 0. The summed E-state index contributed by atoms with van der Waals surface area (Å²) in [5, 5.41) is 0.809. The van der Waals surface area contributed by atoms with Crippen LogP contribution in [0, 0.1) is 0 Å². The second kappa shape index (κ2) is 3.60. The van der Waals surface area contributed by atoms with Crippen LogP contribution >= 0.6 is 27.5 Å². The zero-order valence-electron chi connectivity index (χ0n) is 9.72. The van der Waals surface area contributed by atoms with Crippen molar-refractivity contribution in [1.29, 1.82) is 0 Å². The number of fused-ring (bicyclic) bond motifs is 3. The first-order valence-corrected chi connectivity index (χ1v) is 6.77. The van der Waals surface area contributed by atoms with Crippen molar-refractivity contribution in [2.45, 2.75) is 19.3 Å². The fourth-order valence-electron chi connectivity index (χ4n) is 2.68. The summed E-state index contributed by atoms with van der Waals surface area (Å²) < 4.78 is 1.13. The monoisotopic (exact) mass is 306 g/mol. The molecule has 0 unspecified atom stereocenters. The maximum Gasteiger partial charge on any atom is 0.0409 e. The molecule has 0 aliphatic heterocycles. The van der Waals surface area contributed by atoms with Crippen LogP contribution in [-0.2, 0) is 5.41 Å². The molecule has 2 aromatic rings. The van der Waals surface area contributed by atoms with Gasteiger partial charge in [-0.25, -0.2) is 0 Å². The Morgan fingerprint density at radius 2 is 1.53 bits per heavy atom. The van der Waals surface area contributed by atoms with Gasteiger partial charge in [0, 0.05) is 14.9 Å². The van der Waals surface area contributed by atoms with Gasteiger partial charge in [0.05, 0.1) is 0 Å². The van der Waals surface area contributed by atoms with E-state index in [1.165, 1.54) is 22.3 Å². The van der Waals surface area contributed by atoms with Crippen molar-refractivity contribution in [1.82, 2.24) is 0 Å². The molecule has 0 radical (unpaired) electrons. The Balaban J connectivity index is 2.37. The van der Waals surface area contributed by atoms with Crippen LogP contribution in [0.3, 0.4) is 0 Å². The van der Waals surface area contributed by atoms with Gasteiger partial charge in [0.2, 0.25) is 0 Å². The Kier molecular flexibility index (Phi) is 2.39. The van der Waals surface area contributed by atoms with E-state index in [1.807, 2.05) is 6.07 Å². The third-order valence-corrected chi connectivity index (χ3v) is 4.33. The van der Waals surface area contributed by atoms with Crippen LogP contribution < -0.4 is 0 Å². The van der Waals surface area contributed by atoms with Gasteiger partial charge < -0.3 is 0 Å². The quantitative estimate of drug-likeness (QED) is 0.610.